The molecule has 0 saturated carbocycles. The molecular formula is C18H22N4O4. The summed E-state index contributed by atoms with van der Waals surface area (Å²) in [6.45, 7) is 6.08. The smallest absolute Gasteiger partial charge is 0.395 e. The summed E-state index contributed by atoms with van der Waals surface area (Å²) in [5.74, 6) is -0.894. The number of furan rings is 1. The monoisotopic (exact) mass is 358 g/mol. The predicted octanol–water partition coefficient (Wildman–Crippen LogP) is 1.74. The zero-order chi connectivity index (χ0) is 18.4. The van der Waals surface area contributed by atoms with Crippen LogP contribution in [0.15, 0.2) is 46.9 Å². The number of carbonyl (C=O) groups excluding carboxylic acids is 1. The summed E-state index contributed by atoms with van der Waals surface area (Å²) in [7, 11) is 0. The number of hydrogen-bond donors (Lipinski definition) is 1. The molecule has 1 aliphatic rings. The van der Waals surface area contributed by atoms with Crippen LogP contribution in [-0.4, -0.2) is 59.9 Å². The van der Waals surface area contributed by atoms with Gasteiger partial charge in [0.1, 0.15) is 4.92 Å². The van der Waals surface area contributed by atoms with Crippen LogP contribution in [0.1, 0.15) is 16.1 Å². The molecule has 1 N–H and O–H groups in total. The number of carbonyl (C=O) groups is 1. The Kier molecular flexibility index (Phi) is 5.98. The highest BCUT2D eigenvalue weighted by atomic mass is 16.6. The molecule has 0 spiro atoms. The average Bonchev–Trinajstić information content (AvgIpc) is 3.15. The number of nitrogens with one attached hydrogen (secondary N) is 1. The topological polar surface area (TPSA) is 91.9 Å². The van der Waals surface area contributed by atoms with Gasteiger partial charge < -0.3 is 9.73 Å². The number of benzene rings is 1. The molecule has 0 unspecified atom stereocenters. The molecule has 138 valence electrons. The Labute approximate surface area is 151 Å². The van der Waals surface area contributed by atoms with Gasteiger partial charge in [-0.25, -0.2) is 0 Å². The van der Waals surface area contributed by atoms with Gasteiger partial charge in [-0.3, -0.25) is 24.7 Å². The van der Waals surface area contributed by atoms with E-state index in [9.17, 15) is 14.9 Å². The lowest BCUT2D eigenvalue weighted by atomic mass is 10.2. The molecule has 1 aliphatic heterocycles. The molecule has 2 heterocycles. The van der Waals surface area contributed by atoms with Crippen molar-refractivity contribution >= 4 is 11.8 Å². The Bertz CT molecular complexity index is 739. The standard InChI is InChI=1S/C18H22N4O4/c23-18(16-6-7-17(26-16)22(24)25)19-8-9-20-10-12-21(13-11-20)14-15-4-2-1-3-5-15/h1-7H,8-14H2,(H,19,23). The van der Waals surface area contributed by atoms with Gasteiger partial charge in [0.05, 0.1) is 6.07 Å². The van der Waals surface area contributed by atoms with Crippen molar-refractivity contribution in [1.29, 1.82) is 0 Å². The Morgan fingerprint density at radius 1 is 1.08 bits per heavy atom. The summed E-state index contributed by atoms with van der Waals surface area (Å²) in [5.41, 5.74) is 1.32. The molecule has 26 heavy (non-hydrogen) atoms. The number of amides is 1. The fourth-order valence-corrected chi connectivity index (χ4v) is 2.98. The summed E-state index contributed by atoms with van der Waals surface area (Å²) in [4.78, 5) is 26.6. The third-order valence-corrected chi connectivity index (χ3v) is 4.42. The molecule has 0 atom stereocenters. The molecule has 1 saturated heterocycles. The van der Waals surface area contributed by atoms with Gasteiger partial charge in [-0.1, -0.05) is 30.3 Å². The van der Waals surface area contributed by atoms with Crippen LogP contribution in [0.5, 0.6) is 0 Å². The Hall–Kier alpha value is -2.71. The maximum absolute atomic E-state index is 11.9. The van der Waals surface area contributed by atoms with E-state index in [0.29, 0.717) is 6.54 Å². The average molecular weight is 358 g/mol. The lowest BCUT2D eigenvalue weighted by Gasteiger charge is -2.34. The van der Waals surface area contributed by atoms with Gasteiger partial charge in [0.2, 0.25) is 0 Å². The number of nitro groups is 1. The van der Waals surface area contributed by atoms with Gasteiger partial charge in [0.15, 0.2) is 5.76 Å². The van der Waals surface area contributed by atoms with Crippen molar-refractivity contribution in [3.8, 4) is 0 Å². The van der Waals surface area contributed by atoms with Crippen molar-refractivity contribution in [3.05, 3.63) is 63.9 Å². The molecule has 0 radical (unpaired) electrons. The highest BCUT2D eigenvalue weighted by Gasteiger charge is 2.19. The van der Waals surface area contributed by atoms with Crippen LogP contribution in [0.2, 0.25) is 0 Å². The molecule has 3 rings (SSSR count). The van der Waals surface area contributed by atoms with E-state index in [1.807, 2.05) is 6.07 Å². The molecule has 0 bridgehead atoms. The molecule has 1 amide bonds. The van der Waals surface area contributed by atoms with E-state index in [1.165, 1.54) is 17.7 Å². The highest BCUT2D eigenvalue weighted by molar-refractivity contribution is 5.91. The summed E-state index contributed by atoms with van der Waals surface area (Å²) in [5, 5.41) is 13.3. The zero-order valence-corrected chi connectivity index (χ0v) is 14.5. The van der Waals surface area contributed by atoms with Gasteiger partial charge in [0, 0.05) is 45.8 Å². The van der Waals surface area contributed by atoms with Crippen molar-refractivity contribution in [1.82, 2.24) is 15.1 Å². The van der Waals surface area contributed by atoms with E-state index < -0.39 is 16.7 Å². The first-order valence-electron chi connectivity index (χ1n) is 8.63. The first kappa shape index (κ1) is 18.1. The second kappa shape index (κ2) is 8.59. The Morgan fingerprint density at radius 2 is 1.77 bits per heavy atom. The summed E-state index contributed by atoms with van der Waals surface area (Å²) in [6.07, 6.45) is 0. The third-order valence-electron chi connectivity index (χ3n) is 4.42. The minimum atomic E-state index is -0.661. The van der Waals surface area contributed by atoms with Gasteiger partial charge in [-0.05, 0) is 11.6 Å². The number of rotatable bonds is 7. The maximum Gasteiger partial charge on any atom is 0.433 e. The van der Waals surface area contributed by atoms with Crippen LogP contribution in [0.4, 0.5) is 5.88 Å². The molecule has 2 aromatic rings. The Balaban J connectivity index is 1.36. The van der Waals surface area contributed by atoms with E-state index >= 15 is 0 Å². The fraction of sp³-hybridized carbons (Fsp3) is 0.389. The van der Waals surface area contributed by atoms with Crippen molar-refractivity contribution in [2.24, 2.45) is 0 Å². The quantitative estimate of drug-likeness (QED) is 0.599. The zero-order valence-electron chi connectivity index (χ0n) is 14.5. The Morgan fingerprint density at radius 3 is 2.42 bits per heavy atom. The molecular weight excluding hydrogens is 336 g/mol. The van der Waals surface area contributed by atoms with Crippen molar-refractivity contribution in [2.45, 2.75) is 6.54 Å². The molecule has 1 fully saturated rings. The van der Waals surface area contributed by atoms with E-state index in [0.717, 1.165) is 39.3 Å². The van der Waals surface area contributed by atoms with Gasteiger partial charge >= 0.3 is 5.88 Å². The normalized spacial score (nSPS) is 15.7. The van der Waals surface area contributed by atoms with Gasteiger partial charge in [0.25, 0.3) is 5.91 Å². The lowest BCUT2D eigenvalue weighted by Crippen LogP contribution is -2.48. The van der Waals surface area contributed by atoms with Crippen molar-refractivity contribution in [3.63, 3.8) is 0 Å². The number of piperazine rings is 1. The molecule has 1 aromatic carbocycles. The summed E-state index contributed by atoms with van der Waals surface area (Å²) < 4.78 is 4.89. The minimum Gasteiger partial charge on any atom is -0.395 e. The van der Waals surface area contributed by atoms with Crippen LogP contribution in [0, 0.1) is 10.1 Å². The highest BCUT2D eigenvalue weighted by Crippen LogP contribution is 2.15. The molecule has 0 aliphatic carbocycles. The van der Waals surface area contributed by atoms with Crippen LogP contribution >= 0.6 is 0 Å². The maximum atomic E-state index is 11.9. The fourth-order valence-electron chi connectivity index (χ4n) is 2.98. The lowest BCUT2D eigenvalue weighted by molar-refractivity contribution is -0.402. The third kappa shape index (κ3) is 4.90. The number of hydrogen-bond acceptors (Lipinski definition) is 6. The van der Waals surface area contributed by atoms with Crippen LogP contribution in [0.25, 0.3) is 0 Å². The SMILES string of the molecule is O=C(NCCN1CCN(Cc2ccccc2)CC1)c1ccc([N+](=O)[O-])o1. The summed E-state index contributed by atoms with van der Waals surface area (Å²) >= 11 is 0. The van der Waals surface area contributed by atoms with Crippen LogP contribution in [-0.2, 0) is 6.54 Å². The van der Waals surface area contributed by atoms with E-state index in [4.69, 9.17) is 4.42 Å². The van der Waals surface area contributed by atoms with Gasteiger partial charge in [-0.15, -0.1) is 0 Å². The first-order valence-corrected chi connectivity index (χ1v) is 8.63. The van der Waals surface area contributed by atoms with Crippen molar-refractivity contribution < 1.29 is 14.1 Å². The van der Waals surface area contributed by atoms with E-state index in [2.05, 4.69) is 39.4 Å². The summed E-state index contributed by atoms with van der Waals surface area (Å²) in [6, 6.07) is 12.9. The van der Waals surface area contributed by atoms with Crippen molar-refractivity contribution in [2.75, 3.05) is 39.3 Å². The van der Waals surface area contributed by atoms with Gasteiger partial charge in [-0.2, -0.15) is 0 Å². The van der Waals surface area contributed by atoms with Crippen LogP contribution < -0.4 is 5.32 Å². The largest absolute Gasteiger partial charge is 0.433 e. The number of nitrogens with zero attached hydrogens (tertiary/aromatic N) is 3. The van der Waals surface area contributed by atoms with Crippen LogP contribution in [0.3, 0.4) is 0 Å². The van der Waals surface area contributed by atoms with E-state index in [1.54, 1.807) is 0 Å². The predicted molar refractivity (Wildman–Crippen MR) is 95.9 cm³/mol. The molecule has 1 aromatic heterocycles. The first-order chi connectivity index (χ1) is 12.6. The van der Waals surface area contributed by atoms with E-state index in [-0.39, 0.29) is 5.76 Å². The second-order valence-electron chi connectivity index (χ2n) is 6.25. The minimum absolute atomic E-state index is 0.0376. The molecule has 8 heteroatoms. The molecule has 8 nitrogen and oxygen atoms in total. The second-order valence-corrected chi connectivity index (χ2v) is 6.25.